The first-order valence-electron chi connectivity index (χ1n) is 9.17. The van der Waals surface area contributed by atoms with Crippen LogP contribution < -0.4 is 4.74 Å². The van der Waals surface area contributed by atoms with Crippen molar-refractivity contribution in [3.05, 3.63) is 52.8 Å². The summed E-state index contributed by atoms with van der Waals surface area (Å²) < 4.78 is 33.3. The predicted molar refractivity (Wildman–Crippen MR) is 113 cm³/mol. The largest absolute Gasteiger partial charge is 0.491 e. The molecule has 7 nitrogen and oxygen atoms in total. The van der Waals surface area contributed by atoms with Gasteiger partial charge in [0, 0.05) is 55.5 Å². The van der Waals surface area contributed by atoms with Crippen molar-refractivity contribution in [3.63, 3.8) is 0 Å². The van der Waals surface area contributed by atoms with Crippen molar-refractivity contribution < 1.29 is 13.2 Å². The molecule has 1 N–H and O–H groups in total. The number of fused-ring (bicyclic) bond motifs is 1. The number of hydrogen-bond donors (Lipinski definition) is 1. The van der Waals surface area contributed by atoms with Crippen LogP contribution in [-0.4, -0.2) is 66.9 Å². The highest BCUT2D eigenvalue weighted by Crippen LogP contribution is 2.28. The van der Waals surface area contributed by atoms with Gasteiger partial charge < -0.3 is 9.72 Å². The van der Waals surface area contributed by atoms with Crippen LogP contribution in [0.15, 0.2) is 47.6 Å². The number of sulfonamides is 1. The summed E-state index contributed by atoms with van der Waals surface area (Å²) in [5, 5.41) is 1.65. The lowest BCUT2D eigenvalue weighted by Crippen LogP contribution is -2.49. The third kappa shape index (κ3) is 4.36. The Morgan fingerprint density at radius 1 is 1.14 bits per heavy atom. The Kier molecular flexibility index (Phi) is 5.98. The SMILES string of the molecule is O=S(=O)(c1c[nH]c2ncccc12)N1CCN(CCOc2ccc(Cl)cc2Cl)CC1. The molecule has 154 valence electrons. The number of pyridine rings is 1. The lowest BCUT2D eigenvalue weighted by molar-refractivity contribution is 0.159. The molecular formula is C19H20Cl2N4O3S. The normalized spacial score (nSPS) is 16.3. The summed E-state index contributed by atoms with van der Waals surface area (Å²) in [6, 6.07) is 8.61. The number of hydrogen-bond acceptors (Lipinski definition) is 5. The van der Waals surface area contributed by atoms with Crippen LogP contribution in [0.4, 0.5) is 0 Å². The van der Waals surface area contributed by atoms with E-state index in [4.69, 9.17) is 27.9 Å². The number of piperazine rings is 1. The highest BCUT2D eigenvalue weighted by atomic mass is 35.5. The quantitative estimate of drug-likeness (QED) is 0.618. The molecule has 1 fully saturated rings. The van der Waals surface area contributed by atoms with Gasteiger partial charge in [0.05, 0.1) is 5.02 Å². The Hall–Kier alpha value is -1.84. The van der Waals surface area contributed by atoms with Gasteiger partial charge in [-0.3, -0.25) is 4.90 Å². The van der Waals surface area contributed by atoms with Crippen LogP contribution in [0.3, 0.4) is 0 Å². The molecule has 4 rings (SSSR count). The minimum atomic E-state index is -3.57. The number of aromatic nitrogens is 2. The van der Waals surface area contributed by atoms with Gasteiger partial charge in [-0.2, -0.15) is 4.31 Å². The minimum Gasteiger partial charge on any atom is -0.491 e. The average molecular weight is 455 g/mol. The number of H-pyrrole nitrogens is 1. The van der Waals surface area contributed by atoms with Crippen LogP contribution in [0.2, 0.25) is 10.0 Å². The van der Waals surface area contributed by atoms with Gasteiger partial charge in [-0.1, -0.05) is 23.2 Å². The molecule has 1 aliphatic rings. The van der Waals surface area contributed by atoms with E-state index in [0.717, 1.165) is 0 Å². The van der Waals surface area contributed by atoms with Crippen molar-refractivity contribution in [3.8, 4) is 5.75 Å². The Labute approximate surface area is 179 Å². The van der Waals surface area contributed by atoms with Gasteiger partial charge in [0.25, 0.3) is 0 Å². The molecule has 2 aromatic heterocycles. The molecule has 0 unspecified atom stereocenters. The molecule has 0 amide bonds. The van der Waals surface area contributed by atoms with Crippen LogP contribution >= 0.6 is 23.2 Å². The lowest BCUT2D eigenvalue weighted by Gasteiger charge is -2.33. The zero-order valence-corrected chi connectivity index (χ0v) is 17.8. The third-order valence-electron chi connectivity index (χ3n) is 4.92. The van der Waals surface area contributed by atoms with Gasteiger partial charge in [0.2, 0.25) is 10.0 Å². The fourth-order valence-electron chi connectivity index (χ4n) is 3.35. The first kappa shape index (κ1) is 20.4. The van der Waals surface area contributed by atoms with Crippen LogP contribution in [0.25, 0.3) is 11.0 Å². The molecule has 0 radical (unpaired) electrons. The van der Waals surface area contributed by atoms with E-state index in [1.54, 1.807) is 36.5 Å². The van der Waals surface area contributed by atoms with Crippen LogP contribution in [0.5, 0.6) is 5.75 Å². The van der Waals surface area contributed by atoms with Crippen molar-refractivity contribution >= 4 is 44.3 Å². The summed E-state index contributed by atoms with van der Waals surface area (Å²) in [5.74, 6) is 0.588. The fourth-order valence-corrected chi connectivity index (χ4v) is 5.39. The fraction of sp³-hybridized carbons (Fsp3) is 0.316. The van der Waals surface area contributed by atoms with E-state index in [9.17, 15) is 8.42 Å². The van der Waals surface area contributed by atoms with Gasteiger partial charge in [-0.25, -0.2) is 13.4 Å². The van der Waals surface area contributed by atoms with Gasteiger partial charge in [-0.15, -0.1) is 0 Å². The van der Waals surface area contributed by atoms with E-state index in [2.05, 4.69) is 14.9 Å². The Balaban J connectivity index is 1.33. The molecule has 0 atom stereocenters. The van der Waals surface area contributed by atoms with Gasteiger partial charge >= 0.3 is 0 Å². The summed E-state index contributed by atoms with van der Waals surface area (Å²) in [7, 11) is -3.57. The molecule has 0 spiro atoms. The van der Waals surface area contributed by atoms with E-state index in [0.29, 0.717) is 66.2 Å². The molecule has 1 aliphatic heterocycles. The Morgan fingerprint density at radius 2 is 1.93 bits per heavy atom. The molecular weight excluding hydrogens is 435 g/mol. The van der Waals surface area contributed by atoms with E-state index >= 15 is 0 Å². The standard InChI is InChI=1S/C19H20Cl2N4O3S/c20-14-3-4-17(16(21)12-14)28-11-10-24-6-8-25(9-7-24)29(26,27)18-13-23-19-15(18)2-1-5-22-19/h1-5,12-13H,6-11H2,(H,22,23). The van der Waals surface area contributed by atoms with Crippen LogP contribution in [0, 0.1) is 0 Å². The second-order valence-electron chi connectivity index (χ2n) is 6.72. The highest BCUT2D eigenvalue weighted by Gasteiger charge is 2.30. The van der Waals surface area contributed by atoms with Crippen LogP contribution in [-0.2, 0) is 10.0 Å². The maximum Gasteiger partial charge on any atom is 0.245 e. The van der Waals surface area contributed by atoms with Crippen molar-refractivity contribution in [1.29, 1.82) is 0 Å². The van der Waals surface area contributed by atoms with E-state index in [1.807, 2.05) is 0 Å². The maximum absolute atomic E-state index is 13.0. The number of benzene rings is 1. The molecule has 1 aromatic carbocycles. The van der Waals surface area contributed by atoms with E-state index in [-0.39, 0.29) is 4.90 Å². The highest BCUT2D eigenvalue weighted by molar-refractivity contribution is 7.89. The third-order valence-corrected chi connectivity index (χ3v) is 7.39. The molecule has 3 heterocycles. The molecule has 10 heteroatoms. The Bertz CT molecular complexity index is 1110. The number of halogens is 2. The first-order valence-corrected chi connectivity index (χ1v) is 11.4. The number of aromatic amines is 1. The number of nitrogens with zero attached hydrogens (tertiary/aromatic N) is 3. The summed E-state index contributed by atoms with van der Waals surface area (Å²) >= 11 is 12.0. The van der Waals surface area contributed by atoms with Crippen molar-refractivity contribution in [1.82, 2.24) is 19.2 Å². The number of ether oxygens (including phenoxy) is 1. The van der Waals surface area contributed by atoms with Gasteiger partial charge in [-0.05, 0) is 30.3 Å². The number of nitrogens with one attached hydrogen (secondary N) is 1. The molecule has 0 saturated carbocycles. The van der Waals surface area contributed by atoms with E-state index in [1.165, 1.54) is 10.5 Å². The van der Waals surface area contributed by atoms with Gasteiger partial charge in [0.15, 0.2) is 0 Å². The average Bonchev–Trinajstić information content (AvgIpc) is 3.15. The predicted octanol–water partition coefficient (Wildman–Crippen LogP) is 3.26. The zero-order chi connectivity index (χ0) is 20.4. The summed E-state index contributed by atoms with van der Waals surface area (Å²) in [5.41, 5.74) is 0.572. The molecule has 0 bridgehead atoms. The second-order valence-corrected chi connectivity index (χ2v) is 9.47. The van der Waals surface area contributed by atoms with Crippen molar-refractivity contribution in [2.75, 3.05) is 39.3 Å². The van der Waals surface area contributed by atoms with E-state index < -0.39 is 10.0 Å². The second kappa shape index (κ2) is 8.49. The first-order chi connectivity index (χ1) is 13.9. The van der Waals surface area contributed by atoms with Gasteiger partial charge in [0.1, 0.15) is 22.9 Å². The topological polar surface area (TPSA) is 78.5 Å². The summed E-state index contributed by atoms with van der Waals surface area (Å²) in [4.78, 5) is 9.54. The molecule has 29 heavy (non-hydrogen) atoms. The molecule has 0 aliphatic carbocycles. The minimum absolute atomic E-state index is 0.273. The summed E-state index contributed by atoms with van der Waals surface area (Å²) in [6.07, 6.45) is 3.15. The Morgan fingerprint density at radius 3 is 2.69 bits per heavy atom. The molecule has 1 saturated heterocycles. The summed E-state index contributed by atoms with van der Waals surface area (Å²) in [6.45, 7) is 3.27. The smallest absolute Gasteiger partial charge is 0.245 e. The lowest BCUT2D eigenvalue weighted by atomic mass is 10.3. The monoisotopic (exact) mass is 454 g/mol. The van der Waals surface area contributed by atoms with Crippen molar-refractivity contribution in [2.45, 2.75) is 4.90 Å². The van der Waals surface area contributed by atoms with Crippen LogP contribution in [0.1, 0.15) is 0 Å². The number of rotatable bonds is 6. The maximum atomic E-state index is 13.0. The van der Waals surface area contributed by atoms with Crippen molar-refractivity contribution in [2.24, 2.45) is 0 Å². The molecule has 3 aromatic rings. The zero-order valence-electron chi connectivity index (χ0n) is 15.5.